The number of benzene rings is 2. The van der Waals surface area contributed by atoms with Crippen molar-refractivity contribution in [2.24, 2.45) is 5.16 Å². The number of hydrogen-bond donors (Lipinski definition) is 1. The Labute approximate surface area is 181 Å². The van der Waals surface area contributed by atoms with E-state index in [1.807, 2.05) is 42.5 Å². The lowest BCUT2D eigenvalue weighted by molar-refractivity contribution is -0.185. The van der Waals surface area contributed by atoms with Crippen molar-refractivity contribution < 1.29 is 19.5 Å². The molecule has 1 N–H and O–H groups in total. The van der Waals surface area contributed by atoms with Gasteiger partial charge in [0.05, 0.1) is 23.2 Å². The third kappa shape index (κ3) is 4.25. The van der Waals surface area contributed by atoms with Crippen LogP contribution in [0.15, 0.2) is 69.5 Å². The standard InChI is InChI=1S/C24H30NO4S/c1-6-28-22(27)24(16-17(2)25-29-24)21(26)19-14-10-11-15-20(19)30(23(3,4)5)18-12-8-7-9-13-18/h7-15,21,26H,6,16H2,1-5H3/q+1. The lowest BCUT2D eigenvalue weighted by Crippen LogP contribution is -2.46. The van der Waals surface area contributed by atoms with Gasteiger partial charge in [0.2, 0.25) is 0 Å². The molecule has 2 aromatic carbocycles. The molecule has 0 spiro atoms. The van der Waals surface area contributed by atoms with Gasteiger partial charge in [0.15, 0.2) is 9.79 Å². The molecule has 2 aromatic rings. The van der Waals surface area contributed by atoms with E-state index < -0.39 is 17.7 Å². The van der Waals surface area contributed by atoms with Gasteiger partial charge in [-0.3, -0.25) is 0 Å². The SMILES string of the molecule is CCOC(=O)C1(C(O)c2ccccc2[S+](c2ccccc2)C(C)(C)C)CC(C)=NO1. The van der Waals surface area contributed by atoms with E-state index in [9.17, 15) is 9.90 Å². The maximum atomic E-state index is 12.9. The Kier molecular flexibility index (Phi) is 6.58. The average molecular weight is 429 g/mol. The van der Waals surface area contributed by atoms with E-state index in [2.05, 4.69) is 38.1 Å². The minimum Gasteiger partial charge on any atom is -0.463 e. The summed E-state index contributed by atoms with van der Waals surface area (Å²) in [6.45, 7) is 10.3. The van der Waals surface area contributed by atoms with Gasteiger partial charge in [-0.05, 0) is 52.8 Å². The van der Waals surface area contributed by atoms with E-state index in [1.54, 1.807) is 13.8 Å². The number of rotatable bonds is 6. The number of aliphatic hydroxyl groups is 1. The van der Waals surface area contributed by atoms with Crippen molar-refractivity contribution in [3.8, 4) is 0 Å². The summed E-state index contributed by atoms with van der Waals surface area (Å²) < 4.78 is 5.18. The Hall–Kier alpha value is -2.31. The second-order valence-corrected chi connectivity index (χ2v) is 11.1. The van der Waals surface area contributed by atoms with Crippen molar-refractivity contribution in [2.75, 3.05) is 6.61 Å². The molecular weight excluding hydrogens is 398 g/mol. The second kappa shape index (κ2) is 8.82. The van der Waals surface area contributed by atoms with Crippen LogP contribution in [0.4, 0.5) is 0 Å². The van der Waals surface area contributed by atoms with Crippen LogP contribution in [0, 0.1) is 0 Å². The fourth-order valence-electron chi connectivity index (χ4n) is 3.74. The Morgan fingerprint density at radius 2 is 1.83 bits per heavy atom. The third-order valence-corrected chi connectivity index (χ3v) is 7.75. The highest BCUT2D eigenvalue weighted by Gasteiger charge is 2.56. The van der Waals surface area contributed by atoms with Crippen LogP contribution in [0.3, 0.4) is 0 Å². The summed E-state index contributed by atoms with van der Waals surface area (Å²) in [5, 5.41) is 15.5. The Balaban J connectivity index is 2.12. The molecule has 3 rings (SSSR count). The number of carbonyl (C=O) groups excluding carboxylic acids is 1. The topological polar surface area (TPSA) is 68.1 Å². The maximum Gasteiger partial charge on any atom is 0.356 e. The Morgan fingerprint density at radius 3 is 2.40 bits per heavy atom. The lowest BCUT2D eigenvalue weighted by Gasteiger charge is -2.31. The van der Waals surface area contributed by atoms with E-state index in [-0.39, 0.29) is 28.7 Å². The fourth-order valence-corrected chi connectivity index (χ4v) is 6.42. The second-order valence-electron chi connectivity index (χ2n) is 8.38. The van der Waals surface area contributed by atoms with E-state index in [0.29, 0.717) is 11.3 Å². The van der Waals surface area contributed by atoms with Gasteiger partial charge < -0.3 is 14.7 Å². The van der Waals surface area contributed by atoms with Crippen molar-refractivity contribution in [1.29, 1.82) is 0 Å². The molecule has 0 amide bonds. The number of aliphatic hydroxyl groups excluding tert-OH is 1. The minimum absolute atomic E-state index is 0.1000. The zero-order valence-corrected chi connectivity index (χ0v) is 19.0. The van der Waals surface area contributed by atoms with Crippen LogP contribution in [0.25, 0.3) is 0 Å². The van der Waals surface area contributed by atoms with Crippen LogP contribution in [-0.2, 0) is 25.3 Å². The molecule has 0 bridgehead atoms. The first-order valence-corrected chi connectivity index (χ1v) is 11.4. The van der Waals surface area contributed by atoms with Crippen LogP contribution in [-0.4, -0.2) is 33.7 Å². The molecule has 6 heteroatoms. The van der Waals surface area contributed by atoms with Crippen molar-refractivity contribution >= 4 is 22.6 Å². The monoisotopic (exact) mass is 428 g/mol. The first kappa shape index (κ1) is 22.4. The Bertz CT molecular complexity index is 922. The molecule has 0 fully saturated rings. The van der Waals surface area contributed by atoms with Crippen molar-refractivity contribution in [3.63, 3.8) is 0 Å². The predicted octanol–water partition coefficient (Wildman–Crippen LogP) is 4.65. The molecule has 0 aromatic heterocycles. The fraction of sp³-hybridized carbons (Fsp3) is 0.417. The van der Waals surface area contributed by atoms with E-state index >= 15 is 0 Å². The summed E-state index contributed by atoms with van der Waals surface area (Å²) >= 11 is 0. The third-order valence-electron chi connectivity index (χ3n) is 4.97. The van der Waals surface area contributed by atoms with Gasteiger partial charge in [-0.25, -0.2) is 4.79 Å². The zero-order chi connectivity index (χ0) is 21.9. The van der Waals surface area contributed by atoms with Gasteiger partial charge in [-0.15, -0.1) is 0 Å². The first-order chi connectivity index (χ1) is 14.2. The van der Waals surface area contributed by atoms with Gasteiger partial charge >= 0.3 is 5.97 Å². The summed E-state index contributed by atoms with van der Waals surface area (Å²) in [6, 6.07) is 18.0. The molecule has 0 aliphatic carbocycles. The van der Waals surface area contributed by atoms with E-state index in [0.717, 1.165) is 4.90 Å². The summed E-state index contributed by atoms with van der Waals surface area (Å²) in [4.78, 5) is 20.6. The average Bonchev–Trinajstić information content (AvgIpc) is 3.11. The molecule has 1 aliphatic heterocycles. The molecule has 5 nitrogen and oxygen atoms in total. The van der Waals surface area contributed by atoms with E-state index in [1.165, 1.54) is 4.90 Å². The van der Waals surface area contributed by atoms with Gasteiger partial charge in [0.1, 0.15) is 10.9 Å². The van der Waals surface area contributed by atoms with Gasteiger partial charge in [0.25, 0.3) is 5.60 Å². The quantitative estimate of drug-likeness (QED) is 0.537. The highest BCUT2D eigenvalue weighted by Crippen LogP contribution is 2.43. The number of esters is 1. The van der Waals surface area contributed by atoms with Crippen LogP contribution in [0.1, 0.15) is 52.7 Å². The zero-order valence-electron chi connectivity index (χ0n) is 18.2. The summed E-state index contributed by atoms with van der Waals surface area (Å²) in [5.41, 5.74) is -0.255. The molecule has 30 heavy (non-hydrogen) atoms. The van der Waals surface area contributed by atoms with Gasteiger partial charge in [0, 0.05) is 12.0 Å². The number of carbonyl (C=O) groups is 1. The predicted molar refractivity (Wildman–Crippen MR) is 120 cm³/mol. The molecule has 3 unspecified atom stereocenters. The maximum absolute atomic E-state index is 12.9. The number of nitrogens with zero attached hydrogens (tertiary/aromatic N) is 1. The molecule has 0 radical (unpaired) electrons. The summed E-state index contributed by atoms with van der Waals surface area (Å²) in [7, 11) is -0.350. The number of oxime groups is 1. The van der Waals surface area contributed by atoms with Crippen molar-refractivity contribution in [2.45, 2.75) is 67.3 Å². The summed E-state index contributed by atoms with van der Waals surface area (Å²) in [6.07, 6.45) is -1.02. The molecule has 3 atom stereocenters. The lowest BCUT2D eigenvalue weighted by atomic mass is 9.87. The van der Waals surface area contributed by atoms with Crippen LogP contribution < -0.4 is 0 Å². The number of ether oxygens (including phenoxy) is 1. The molecule has 1 aliphatic rings. The van der Waals surface area contributed by atoms with Gasteiger partial charge in [-0.2, -0.15) is 0 Å². The van der Waals surface area contributed by atoms with Crippen molar-refractivity contribution in [1.82, 2.24) is 0 Å². The molecule has 0 saturated heterocycles. The Morgan fingerprint density at radius 1 is 1.20 bits per heavy atom. The molecular formula is C24H30NO4S+. The molecule has 0 saturated carbocycles. The van der Waals surface area contributed by atoms with Crippen molar-refractivity contribution in [3.05, 3.63) is 60.2 Å². The normalized spacial score (nSPS) is 20.8. The smallest absolute Gasteiger partial charge is 0.356 e. The van der Waals surface area contributed by atoms with Crippen LogP contribution in [0.2, 0.25) is 0 Å². The minimum atomic E-state index is -1.57. The number of hydrogen-bond acceptors (Lipinski definition) is 5. The largest absolute Gasteiger partial charge is 0.463 e. The summed E-state index contributed by atoms with van der Waals surface area (Å²) in [5.74, 6) is -0.594. The first-order valence-electron chi connectivity index (χ1n) is 10.2. The van der Waals surface area contributed by atoms with Gasteiger partial charge in [-0.1, -0.05) is 41.6 Å². The van der Waals surface area contributed by atoms with Crippen LogP contribution in [0.5, 0.6) is 0 Å². The van der Waals surface area contributed by atoms with Crippen LogP contribution >= 0.6 is 0 Å². The molecule has 160 valence electrons. The molecule has 1 heterocycles. The highest BCUT2D eigenvalue weighted by molar-refractivity contribution is 7.98. The highest BCUT2D eigenvalue weighted by atomic mass is 32.2. The van der Waals surface area contributed by atoms with E-state index in [4.69, 9.17) is 9.57 Å².